The molecule has 3 rings (SSSR count). The molecule has 2 aromatic carbocycles. The van der Waals surface area contributed by atoms with Gasteiger partial charge in [-0.3, -0.25) is 10.1 Å². The minimum absolute atomic E-state index is 0.0591. The van der Waals surface area contributed by atoms with Gasteiger partial charge in [0.05, 0.1) is 24.8 Å². The number of esters is 1. The smallest absolute Gasteiger partial charge is 0.338 e. The number of rotatable bonds is 6. The summed E-state index contributed by atoms with van der Waals surface area (Å²) < 4.78 is 10.6. The lowest BCUT2D eigenvalue weighted by Gasteiger charge is -2.14. The number of aliphatic imine (C=N–C) groups is 1. The van der Waals surface area contributed by atoms with Crippen molar-refractivity contribution in [1.29, 1.82) is 0 Å². The molecule has 0 saturated carbocycles. The average molecular weight is 409 g/mol. The molecule has 1 saturated heterocycles. The number of hydrogen-bond acceptors (Lipinski definition) is 5. The quantitative estimate of drug-likeness (QED) is 0.433. The largest absolute Gasteiger partial charge is 0.462 e. The van der Waals surface area contributed by atoms with Crippen molar-refractivity contribution >= 4 is 23.5 Å². The van der Waals surface area contributed by atoms with Crippen LogP contribution in [0.4, 0.5) is 5.69 Å². The molecular formula is C23H27N3O4. The van der Waals surface area contributed by atoms with Crippen LogP contribution in [0.25, 0.3) is 0 Å². The third kappa shape index (κ3) is 6.15. The number of benzene rings is 2. The number of aryl methyl sites for hydroxylation is 1. The van der Waals surface area contributed by atoms with Gasteiger partial charge in [0.15, 0.2) is 0 Å². The highest BCUT2D eigenvalue weighted by Gasteiger charge is 2.16. The number of carbonyl (C=O) groups excluding carboxylic acids is 2. The van der Waals surface area contributed by atoms with E-state index in [0.717, 1.165) is 25.0 Å². The molecule has 1 amide bonds. The molecule has 0 aliphatic carbocycles. The van der Waals surface area contributed by atoms with Crippen molar-refractivity contribution in [1.82, 2.24) is 5.32 Å². The van der Waals surface area contributed by atoms with Gasteiger partial charge in [-0.25, -0.2) is 9.79 Å². The Morgan fingerprint density at radius 2 is 1.97 bits per heavy atom. The van der Waals surface area contributed by atoms with Gasteiger partial charge in [0.2, 0.25) is 5.96 Å². The van der Waals surface area contributed by atoms with E-state index in [1.807, 2.05) is 25.1 Å². The summed E-state index contributed by atoms with van der Waals surface area (Å²) in [5.41, 5.74) is 2.71. The van der Waals surface area contributed by atoms with E-state index in [9.17, 15) is 9.59 Å². The summed E-state index contributed by atoms with van der Waals surface area (Å²) in [6, 6.07) is 14.2. The number of amides is 1. The van der Waals surface area contributed by atoms with Gasteiger partial charge in [-0.05, 0) is 63.1 Å². The van der Waals surface area contributed by atoms with E-state index in [2.05, 4.69) is 15.6 Å². The maximum absolute atomic E-state index is 12.7. The summed E-state index contributed by atoms with van der Waals surface area (Å²) in [5, 5.41) is 5.97. The molecule has 7 nitrogen and oxygen atoms in total. The van der Waals surface area contributed by atoms with Crippen molar-refractivity contribution in [2.75, 3.05) is 25.1 Å². The molecule has 0 bridgehead atoms. The molecule has 30 heavy (non-hydrogen) atoms. The van der Waals surface area contributed by atoms with Crippen molar-refractivity contribution in [2.24, 2.45) is 4.99 Å². The molecule has 2 aromatic rings. The molecule has 1 fully saturated rings. The second-order valence-corrected chi connectivity index (χ2v) is 7.07. The van der Waals surface area contributed by atoms with E-state index in [0.29, 0.717) is 35.9 Å². The standard InChI is InChI=1S/C23H27N3O4/c1-3-29-22(28)17-9-11-19(12-10-17)25-23(24-15-20-8-5-13-30-20)26-21(27)18-7-4-6-16(2)14-18/h4,6-7,9-12,14,20H,3,5,8,13,15H2,1-2H3,(H2,24,25,26,27)/t20-/m0/s1. The predicted octanol–water partition coefficient (Wildman–Crippen LogP) is 3.55. The summed E-state index contributed by atoms with van der Waals surface area (Å²) >= 11 is 0. The third-order valence-corrected chi connectivity index (χ3v) is 4.65. The number of nitrogens with one attached hydrogen (secondary N) is 2. The summed E-state index contributed by atoms with van der Waals surface area (Å²) in [4.78, 5) is 29.0. The van der Waals surface area contributed by atoms with Gasteiger partial charge in [0.25, 0.3) is 5.91 Å². The van der Waals surface area contributed by atoms with E-state index in [1.54, 1.807) is 37.3 Å². The summed E-state index contributed by atoms with van der Waals surface area (Å²) in [6.07, 6.45) is 2.04. The van der Waals surface area contributed by atoms with Crippen LogP contribution in [-0.4, -0.2) is 43.7 Å². The lowest BCUT2D eigenvalue weighted by molar-refractivity contribution is 0.0526. The highest BCUT2D eigenvalue weighted by atomic mass is 16.5. The van der Waals surface area contributed by atoms with Gasteiger partial charge in [-0.15, -0.1) is 0 Å². The summed E-state index contributed by atoms with van der Waals surface area (Å²) in [7, 11) is 0. The summed E-state index contributed by atoms with van der Waals surface area (Å²) in [6.45, 7) is 5.23. The Bertz CT molecular complexity index is 903. The van der Waals surface area contributed by atoms with E-state index in [-0.39, 0.29) is 18.0 Å². The van der Waals surface area contributed by atoms with Crippen LogP contribution < -0.4 is 10.6 Å². The first kappa shape index (κ1) is 21.5. The molecule has 1 heterocycles. The molecule has 1 aliphatic rings. The van der Waals surface area contributed by atoms with Crippen LogP contribution in [-0.2, 0) is 9.47 Å². The number of carbonyl (C=O) groups is 2. The zero-order chi connectivity index (χ0) is 21.3. The second kappa shape index (κ2) is 10.5. The van der Waals surface area contributed by atoms with Gasteiger partial charge in [-0.2, -0.15) is 0 Å². The first-order valence-corrected chi connectivity index (χ1v) is 10.1. The first-order chi connectivity index (χ1) is 14.5. The molecule has 158 valence electrons. The lowest BCUT2D eigenvalue weighted by Crippen LogP contribution is -2.36. The molecule has 1 atom stereocenters. The number of ether oxygens (including phenoxy) is 2. The van der Waals surface area contributed by atoms with Crippen LogP contribution in [0.15, 0.2) is 53.5 Å². The predicted molar refractivity (Wildman–Crippen MR) is 116 cm³/mol. The third-order valence-electron chi connectivity index (χ3n) is 4.65. The minimum atomic E-state index is -0.371. The molecule has 0 aromatic heterocycles. The monoisotopic (exact) mass is 409 g/mol. The lowest BCUT2D eigenvalue weighted by atomic mass is 10.1. The Morgan fingerprint density at radius 3 is 2.63 bits per heavy atom. The number of anilines is 1. The number of guanidine groups is 1. The molecule has 2 N–H and O–H groups in total. The van der Waals surface area contributed by atoms with Crippen molar-refractivity contribution in [3.8, 4) is 0 Å². The fourth-order valence-electron chi connectivity index (χ4n) is 3.10. The van der Waals surface area contributed by atoms with Crippen LogP contribution in [0.1, 0.15) is 46.0 Å². The molecule has 7 heteroatoms. The van der Waals surface area contributed by atoms with Gasteiger partial charge < -0.3 is 14.8 Å². The Morgan fingerprint density at radius 1 is 1.17 bits per heavy atom. The van der Waals surface area contributed by atoms with Crippen LogP contribution in [0.5, 0.6) is 0 Å². The Hall–Kier alpha value is -3.19. The highest BCUT2D eigenvalue weighted by molar-refractivity contribution is 6.10. The van der Waals surface area contributed by atoms with Crippen LogP contribution in [0.3, 0.4) is 0 Å². The average Bonchev–Trinajstić information content (AvgIpc) is 3.26. The van der Waals surface area contributed by atoms with Crippen LogP contribution >= 0.6 is 0 Å². The minimum Gasteiger partial charge on any atom is -0.462 e. The number of nitrogens with zero attached hydrogens (tertiary/aromatic N) is 1. The van der Waals surface area contributed by atoms with Gasteiger partial charge in [0.1, 0.15) is 0 Å². The molecule has 0 spiro atoms. The maximum Gasteiger partial charge on any atom is 0.338 e. The second-order valence-electron chi connectivity index (χ2n) is 7.07. The van der Waals surface area contributed by atoms with Crippen molar-refractivity contribution < 1.29 is 19.1 Å². The van der Waals surface area contributed by atoms with Gasteiger partial charge in [0, 0.05) is 17.9 Å². The van der Waals surface area contributed by atoms with E-state index in [4.69, 9.17) is 9.47 Å². The Labute approximate surface area is 176 Å². The normalized spacial score (nSPS) is 16.2. The Balaban J connectivity index is 1.72. The topological polar surface area (TPSA) is 89.0 Å². The van der Waals surface area contributed by atoms with Crippen molar-refractivity contribution in [3.63, 3.8) is 0 Å². The zero-order valence-electron chi connectivity index (χ0n) is 17.3. The van der Waals surface area contributed by atoms with E-state index >= 15 is 0 Å². The molecule has 1 aliphatic heterocycles. The fourth-order valence-corrected chi connectivity index (χ4v) is 3.10. The van der Waals surface area contributed by atoms with Crippen molar-refractivity contribution in [3.05, 3.63) is 65.2 Å². The zero-order valence-corrected chi connectivity index (χ0v) is 17.3. The Kier molecular flexibility index (Phi) is 7.57. The van der Waals surface area contributed by atoms with E-state index in [1.165, 1.54) is 0 Å². The molecule has 0 radical (unpaired) electrons. The SMILES string of the molecule is CCOC(=O)c1ccc(NC(=NC[C@@H]2CCCO2)NC(=O)c2cccc(C)c2)cc1. The van der Waals surface area contributed by atoms with Crippen LogP contribution in [0.2, 0.25) is 0 Å². The molecular weight excluding hydrogens is 382 g/mol. The fraction of sp³-hybridized carbons (Fsp3) is 0.348. The highest BCUT2D eigenvalue weighted by Crippen LogP contribution is 2.13. The van der Waals surface area contributed by atoms with Crippen molar-refractivity contribution in [2.45, 2.75) is 32.8 Å². The summed E-state index contributed by atoms with van der Waals surface area (Å²) in [5.74, 6) is -0.287. The molecule has 0 unspecified atom stereocenters. The maximum atomic E-state index is 12.7. The number of hydrogen-bond donors (Lipinski definition) is 2. The van der Waals surface area contributed by atoms with Gasteiger partial charge in [-0.1, -0.05) is 17.7 Å². The van der Waals surface area contributed by atoms with Gasteiger partial charge >= 0.3 is 5.97 Å². The van der Waals surface area contributed by atoms with E-state index < -0.39 is 0 Å². The van der Waals surface area contributed by atoms with Crippen LogP contribution in [0, 0.1) is 6.92 Å². The first-order valence-electron chi connectivity index (χ1n) is 10.1.